The van der Waals surface area contributed by atoms with Crippen molar-refractivity contribution in [3.63, 3.8) is 0 Å². The molecule has 1 amide bonds. The van der Waals surface area contributed by atoms with Crippen molar-refractivity contribution in [2.24, 2.45) is 0 Å². The van der Waals surface area contributed by atoms with E-state index < -0.39 is 16.1 Å². The number of nitrogens with zero attached hydrogens (tertiary/aromatic N) is 1. The van der Waals surface area contributed by atoms with Crippen LogP contribution < -0.4 is 14.4 Å². The molecule has 1 aliphatic rings. The van der Waals surface area contributed by atoms with E-state index in [1.165, 1.54) is 22.5 Å². The van der Waals surface area contributed by atoms with Crippen molar-refractivity contribution in [1.29, 1.82) is 0 Å². The van der Waals surface area contributed by atoms with E-state index >= 15 is 0 Å². The Morgan fingerprint density at radius 1 is 1.28 bits per heavy atom. The molecule has 156 valence electrons. The molecule has 0 unspecified atom stereocenters. The molecule has 1 atom stereocenters. The van der Waals surface area contributed by atoms with E-state index in [-0.39, 0.29) is 24.7 Å². The number of nitrogens with one attached hydrogen (secondary N) is 1. The molecule has 1 aliphatic heterocycles. The maximum Gasteiger partial charge on any atom is 0.261 e. The van der Waals surface area contributed by atoms with Crippen LogP contribution in [0.15, 0.2) is 42.5 Å². The van der Waals surface area contributed by atoms with Gasteiger partial charge in [-0.15, -0.1) is 0 Å². The lowest BCUT2D eigenvalue weighted by Crippen LogP contribution is -2.40. The van der Waals surface area contributed by atoms with E-state index in [0.29, 0.717) is 35.8 Å². The Morgan fingerprint density at radius 3 is 2.69 bits per heavy atom. The minimum atomic E-state index is -3.55. The predicted molar refractivity (Wildman–Crippen MR) is 110 cm³/mol. The van der Waals surface area contributed by atoms with Gasteiger partial charge in [0.25, 0.3) is 5.91 Å². The molecule has 0 fully saturated rings. The summed E-state index contributed by atoms with van der Waals surface area (Å²) in [4.78, 5) is 12.6. The number of benzene rings is 2. The van der Waals surface area contributed by atoms with Crippen molar-refractivity contribution in [3.05, 3.63) is 58.9 Å². The number of halogens is 2. The number of anilines is 1. The van der Waals surface area contributed by atoms with Gasteiger partial charge in [0.2, 0.25) is 10.0 Å². The van der Waals surface area contributed by atoms with Crippen LogP contribution in [0.5, 0.6) is 5.75 Å². The Morgan fingerprint density at radius 2 is 2.00 bits per heavy atom. The lowest BCUT2D eigenvalue weighted by atomic mass is 10.1. The molecule has 0 saturated carbocycles. The summed E-state index contributed by atoms with van der Waals surface area (Å²) in [5.41, 5.74) is 1.31. The van der Waals surface area contributed by atoms with Gasteiger partial charge in [-0.05, 0) is 48.7 Å². The van der Waals surface area contributed by atoms with Gasteiger partial charge in [0, 0.05) is 24.5 Å². The number of sulfonamides is 1. The third kappa shape index (κ3) is 5.61. The fraction of sp³-hybridized carbons (Fsp3) is 0.350. The SMILES string of the molecule is CS(=O)(=O)N1CC[C@H](C(=O)NCCCc2ccc(F)cc2)Oc2ccc(Cl)cc21. The third-order valence-electron chi connectivity index (χ3n) is 4.60. The highest BCUT2D eigenvalue weighted by Gasteiger charge is 2.31. The van der Waals surface area contributed by atoms with Gasteiger partial charge in [0.05, 0.1) is 11.9 Å². The number of rotatable bonds is 6. The number of hydrogen-bond donors (Lipinski definition) is 1. The Labute approximate surface area is 174 Å². The van der Waals surface area contributed by atoms with Gasteiger partial charge in [-0.2, -0.15) is 0 Å². The van der Waals surface area contributed by atoms with E-state index in [4.69, 9.17) is 16.3 Å². The molecular formula is C20H22ClFN2O4S. The zero-order valence-electron chi connectivity index (χ0n) is 15.9. The Bertz CT molecular complexity index is 982. The molecule has 1 N–H and O–H groups in total. The second-order valence-corrected chi connectivity index (χ2v) is 9.21. The van der Waals surface area contributed by atoms with E-state index in [2.05, 4.69) is 5.32 Å². The van der Waals surface area contributed by atoms with E-state index in [0.717, 1.165) is 11.8 Å². The van der Waals surface area contributed by atoms with Crippen LogP contribution in [0, 0.1) is 5.82 Å². The Hall–Kier alpha value is -2.32. The molecule has 0 saturated heterocycles. The normalized spacial score (nSPS) is 16.5. The molecule has 3 rings (SSSR count). The van der Waals surface area contributed by atoms with Crippen molar-refractivity contribution in [2.45, 2.75) is 25.4 Å². The molecule has 0 aliphatic carbocycles. The monoisotopic (exact) mass is 440 g/mol. The first-order valence-corrected chi connectivity index (χ1v) is 11.4. The second-order valence-electron chi connectivity index (χ2n) is 6.86. The summed E-state index contributed by atoms with van der Waals surface area (Å²) in [7, 11) is -3.55. The van der Waals surface area contributed by atoms with E-state index in [1.807, 2.05) is 0 Å². The van der Waals surface area contributed by atoms with Gasteiger partial charge < -0.3 is 10.1 Å². The molecule has 0 aromatic heterocycles. The summed E-state index contributed by atoms with van der Waals surface area (Å²) in [5.74, 6) is -0.290. The summed E-state index contributed by atoms with van der Waals surface area (Å²) in [5, 5.41) is 3.20. The minimum Gasteiger partial charge on any atom is -0.478 e. The molecule has 0 spiro atoms. The van der Waals surface area contributed by atoms with Crippen LogP contribution in [0.3, 0.4) is 0 Å². The van der Waals surface area contributed by atoms with Crippen LogP contribution in [0.1, 0.15) is 18.4 Å². The van der Waals surface area contributed by atoms with Gasteiger partial charge in [0.1, 0.15) is 11.6 Å². The lowest BCUT2D eigenvalue weighted by Gasteiger charge is -2.21. The minimum absolute atomic E-state index is 0.111. The van der Waals surface area contributed by atoms with Crippen LogP contribution in [0.25, 0.3) is 0 Å². The van der Waals surface area contributed by atoms with Crippen LogP contribution in [-0.2, 0) is 21.2 Å². The molecule has 0 radical (unpaired) electrons. The number of amides is 1. The first-order valence-electron chi connectivity index (χ1n) is 9.20. The van der Waals surface area contributed by atoms with Crippen LogP contribution >= 0.6 is 11.6 Å². The molecule has 1 heterocycles. The molecule has 9 heteroatoms. The maximum atomic E-state index is 12.9. The second kappa shape index (κ2) is 9.00. The molecule has 2 aromatic carbocycles. The van der Waals surface area contributed by atoms with E-state index in [9.17, 15) is 17.6 Å². The number of carbonyl (C=O) groups excluding carboxylic acids is 1. The maximum absolute atomic E-state index is 12.9. The first-order chi connectivity index (χ1) is 13.7. The molecule has 6 nitrogen and oxygen atoms in total. The smallest absolute Gasteiger partial charge is 0.261 e. The van der Waals surface area contributed by atoms with Gasteiger partial charge in [-0.25, -0.2) is 12.8 Å². The van der Waals surface area contributed by atoms with Crippen molar-refractivity contribution < 1.29 is 22.3 Å². The number of carbonyl (C=O) groups is 1. The summed E-state index contributed by atoms with van der Waals surface area (Å²) in [6.07, 6.45) is 1.89. The average molecular weight is 441 g/mol. The zero-order valence-corrected chi connectivity index (χ0v) is 17.5. The van der Waals surface area contributed by atoms with Gasteiger partial charge in [0.15, 0.2) is 6.10 Å². The van der Waals surface area contributed by atoms with Crippen LogP contribution in [0.4, 0.5) is 10.1 Å². The number of ether oxygens (including phenoxy) is 1. The third-order valence-corrected chi connectivity index (χ3v) is 6.02. The van der Waals surface area contributed by atoms with E-state index in [1.54, 1.807) is 24.3 Å². The molecule has 2 aromatic rings. The topological polar surface area (TPSA) is 75.7 Å². The zero-order chi connectivity index (χ0) is 21.0. The molecular weight excluding hydrogens is 419 g/mol. The summed E-state index contributed by atoms with van der Waals surface area (Å²) in [6.45, 7) is 0.541. The van der Waals surface area contributed by atoms with Gasteiger partial charge in [-0.3, -0.25) is 9.10 Å². The lowest BCUT2D eigenvalue weighted by molar-refractivity contribution is -0.128. The fourth-order valence-corrected chi connectivity index (χ4v) is 4.25. The number of aryl methyl sites for hydroxylation is 1. The van der Waals surface area contributed by atoms with Gasteiger partial charge in [-0.1, -0.05) is 23.7 Å². The van der Waals surface area contributed by atoms with Crippen LogP contribution in [0.2, 0.25) is 5.02 Å². The van der Waals surface area contributed by atoms with Gasteiger partial charge >= 0.3 is 0 Å². The van der Waals surface area contributed by atoms with Crippen molar-refractivity contribution in [3.8, 4) is 5.75 Å². The Kier molecular flexibility index (Phi) is 6.64. The van der Waals surface area contributed by atoms with Crippen molar-refractivity contribution in [1.82, 2.24) is 5.32 Å². The van der Waals surface area contributed by atoms with Crippen LogP contribution in [-0.4, -0.2) is 39.8 Å². The quantitative estimate of drug-likeness (QED) is 0.700. The summed E-state index contributed by atoms with van der Waals surface area (Å²) >= 11 is 6.01. The highest BCUT2D eigenvalue weighted by molar-refractivity contribution is 7.92. The Balaban J connectivity index is 1.61. The first kappa shape index (κ1) is 21.4. The number of hydrogen-bond acceptors (Lipinski definition) is 4. The largest absolute Gasteiger partial charge is 0.478 e. The highest BCUT2D eigenvalue weighted by atomic mass is 35.5. The van der Waals surface area contributed by atoms with Crippen molar-refractivity contribution >= 4 is 33.2 Å². The highest BCUT2D eigenvalue weighted by Crippen LogP contribution is 2.36. The average Bonchev–Trinajstić information content (AvgIpc) is 2.85. The summed E-state index contributed by atoms with van der Waals surface area (Å²) < 4.78 is 44.3. The predicted octanol–water partition coefficient (Wildman–Crippen LogP) is 3.15. The number of fused-ring (bicyclic) bond motifs is 1. The fourth-order valence-electron chi connectivity index (χ4n) is 3.15. The molecule has 29 heavy (non-hydrogen) atoms. The molecule has 0 bridgehead atoms. The van der Waals surface area contributed by atoms with Crippen molar-refractivity contribution in [2.75, 3.05) is 23.7 Å². The summed E-state index contributed by atoms with van der Waals surface area (Å²) in [6, 6.07) is 10.9. The standard InChI is InChI=1S/C20H22ClFN2O4S/c1-29(26,27)24-12-10-19(28-18-9-6-15(21)13-17(18)24)20(25)23-11-2-3-14-4-7-16(22)8-5-14/h4-9,13,19H,2-3,10-12H2,1H3,(H,23,25)/t19-/m1/s1.